The molecular formula is C13H20ClNOS. The summed E-state index contributed by atoms with van der Waals surface area (Å²) in [4.78, 5) is 1.14. The van der Waals surface area contributed by atoms with Crippen LogP contribution >= 0.6 is 22.9 Å². The number of nitrogens with two attached hydrogens (primary N) is 1. The first-order valence-corrected chi connectivity index (χ1v) is 7.48. The van der Waals surface area contributed by atoms with Crippen LogP contribution in [-0.4, -0.2) is 12.6 Å². The largest absolute Gasteiger partial charge is 0.371 e. The van der Waals surface area contributed by atoms with Crippen molar-refractivity contribution < 1.29 is 4.74 Å². The summed E-state index contributed by atoms with van der Waals surface area (Å²) in [6, 6.07) is 3.94. The molecular weight excluding hydrogens is 254 g/mol. The maximum absolute atomic E-state index is 6.01. The molecule has 2 rings (SSSR count). The summed E-state index contributed by atoms with van der Waals surface area (Å²) in [6.45, 7) is 2.83. The summed E-state index contributed by atoms with van der Waals surface area (Å²) in [5.74, 6) is 0.728. The number of hydrogen-bond donors (Lipinski definition) is 1. The van der Waals surface area contributed by atoms with Gasteiger partial charge in [-0.05, 0) is 37.8 Å². The molecule has 0 spiro atoms. The van der Waals surface area contributed by atoms with Crippen molar-refractivity contribution >= 4 is 22.9 Å². The molecule has 1 saturated carbocycles. The Morgan fingerprint density at radius 1 is 1.47 bits per heavy atom. The van der Waals surface area contributed by atoms with Crippen LogP contribution in [0.2, 0.25) is 4.34 Å². The molecule has 1 fully saturated rings. The standard InChI is InChI=1S/C13H20ClNOS/c1-9(15)13(11-6-7-12(14)17-11)16-8-10-4-2-3-5-10/h6-7,9-10,13H,2-5,8,15H2,1H3. The van der Waals surface area contributed by atoms with Crippen LogP contribution in [0.4, 0.5) is 0 Å². The van der Waals surface area contributed by atoms with Crippen LogP contribution in [0.25, 0.3) is 0 Å². The molecule has 2 nitrogen and oxygen atoms in total. The van der Waals surface area contributed by atoms with E-state index in [1.807, 2.05) is 19.1 Å². The minimum Gasteiger partial charge on any atom is -0.371 e. The highest BCUT2D eigenvalue weighted by Gasteiger charge is 2.22. The van der Waals surface area contributed by atoms with E-state index in [0.29, 0.717) is 0 Å². The highest BCUT2D eigenvalue weighted by atomic mass is 35.5. The number of rotatable bonds is 5. The van der Waals surface area contributed by atoms with Gasteiger partial charge >= 0.3 is 0 Å². The molecule has 0 saturated heterocycles. The molecule has 2 unspecified atom stereocenters. The van der Waals surface area contributed by atoms with Gasteiger partial charge in [0, 0.05) is 10.9 Å². The quantitative estimate of drug-likeness (QED) is 0.880. The molecule has 0 aromatic carbocycles. The fourth-order valence-electron chi connectivity index (χ4n) is 2.39. The van der Waals surface area contributed by atoms with Gasteiger partial charge in [0.1, 0.15) is 6.10 Å². The van der Waals surface area contributed by atoms with Crippen molar-refractivity contribution in [1.82, 2.24) is 0 Å². The van der Waals surface area contributed by atoms with E-state index in [1.54, 1.807) is 11.3 Å². The Kier molecular flexibility index (Phi) is 4.86. The summed E-state index contributed by atoms with van der Waals surface area (Å²) in [6.07, 6.45) is 5.30. The van der Waals surface area contributed by atoms with Crippen LogP contribution in [0.5, 0.6) is 0 Å². The molecule has 17 heavy (non-hydrogen) atoms. The Morgan fingerprint density at radius 3 is 2.71 bits per heavy atom. The summed E-state index contributed by atoms with van der Waals surface area (Å²) in [5, 5.41) is 0. The molecule has 1 aliphatic rings. The number of ether oxygens (including phenoxy) is 1. The minimum absolute atomic E-state index is 0.00567. The van der Waals surface area contributed by atoms with Gasteiger partial charge in [0.2, 0.25) is 0 Å². The van der Waals surface area contributed by atoms with Gasteiger partial charge in [0.05, 0.1) is 10.9 Å². The van der Waals surface area contributed by atoms with Crippen molar-refractivity contribution in [3.05, 3.63) is 21.3 Å². The number of halogens is 1. The zero-order valence-electron chi connectivity index (χ0n) is 10.2. The number of hydrogen-bond acceptors (Lipinski definition) is 3. The predicted octanol–water partition coefficient (Wildman–Crippen LogP) is 4.00. The first-order valence-electron chi connectivity index (χ1n) is 6.29. The Bertz CT molecular complexity index is 347. The second kappa shape index (κ2) is 6.19. The van der Waals surface area contributed by atoms with Crippen LogP contribution in [0.15, 0.2) is 12.1 Å². The monoisotopic (exact) mass is 273 g/mol. The molecule has 4 heteroatoms. The second-order valence-corrected chi connectivity index (χ2v) is 6.65. The first kappa shape index (κ1) is 13.3. The predicted molar refractivity (Wildman–Crippen MR) is 73.6 cm³/mol. The lowest BCUT2D eigenvalue weighted by atomic mass is 10.1. The normalized spacial score (nSPS) is 20.6. The third-order valence-corrected chi connectivity index (χ3v) is 4.63. The van der Waals surface area contributed by atoms with Gasteiger partial charge in [0.25, 0.3) is 0 Å². The Balaban J connectivity index is 1.92. The first-order chi connectivity index (χ1) is 8.16. The van der Waals surface area contributed by atoms with Crippen LogP contribution < -0.4 is 5.73 Å². The average molecular weight is 274 g/mol. The van der Waals surface area contributed by atoms with Crippen molar-refractivity contribution in [2.45, 2.75) is 44.8 Å². The molecule has 1 aromatic heterocycles. The maximum Gasteiger partial charge on any atom is 0.106 e. The van der Waals surface area contributed by atoms with E-state index in [2.05, 4.69) is 0 Å². The van der Waals surface area contributed by atoms with Gasteiger partial charge in [-0.1, -0.05) is 24.4 Å². The molecule has 0 radical (unpaired) electrons. The maximum atomic E-state index is 6.01. The van der Waals surface area contributed by atoms with E-state index in [0.717, 1.165) is 21.7 Å². The van der Waals surface area contributed by atoms with Crippen LogP contribution in [0, 0.1) is 5.92 Å². The van der Waals surface area contributed by atoms with E-state index >= 15 is 0 Å². The van der Waals surface area contributed by atoms with Crippen molar-refractivity contribution in [2.24, 2.45) is 11.7 Å². The van der Waals surface area contributed by atoms with Crippen molar-refractivity contribution in [3.63, 3.8) is 0 Å². The fraction of sp³-hybridized carbons (Fsp3) is 0.692. The topological polar surface area (TPSA) is 35.2 Å². The summed E-state index contributed by atoms with van der Waals surface area (Å²) >= 11 is 7.53. The molecule has 1 aromatic rings. The van der Waals surface area contributed by atoms with Crippen LogP contribution in [0.3, 0.4) is 0 Å². The third-order valence-electron chi connectivity index (χ3n) is 3.34. The van der Waals surface area contributed by atoms with Gasteiger partial charge in [-0.25, -0.2) is 0 Å². The Labute approximate surface area is 112 Å². The van der Waals surface area contributed by atoms with Crippen molar-refractivity contribution in [2.75, 3.05) is 6.61 Å². The van der Waals surface area contributed by atoms with E-state index in [9.17, 15) is 0 Å². The zero-order valence-corrected chi connectivity index (χ0v) is 11.8. The molecule has 1 aliphatic carbocycles. The van der Waals surface area contributed by atoms with E-state index in [-0.39, 0.29) is 12.1 Å². The second-order valence-electron chi connectivity index (χ2n) is 4.91. The molecule has 0 bridgehead atoms. The van der Waals surface area contributed by atoms with Gasteiger partial charge in [0.15, 0.2) is 0 Å². The van der Waals surface area contributed by atoms with Crippen LogP contribution in [0.1, 0.15) is 43.6 Å². The third kappa shape index (κ3) is 3.68. The zero-order chi connectivity index (χ0) is 12.3. The molecule has 2 atom stereocenters. The van der Waals surface area contributed by atoms with Gasteiger partial charge in [-0.3, -0.25) is 0 Å². The SMILES string of the molecule is CC(N)C(OCC1CCCC1)c1ccc(Cl)s1. The highest BCUT2D eigenvalue weighted by molar-refractivity contribution is 7.16. The van der Waals surface area contributed by atoms with Crippen LogP contribution in [-0.2, 0) is 4.74 Å². The lowest BCUT2D eigenvalue weighted by Crippen LogP contribution is -2.27. The summed E-state index contributed by atoms with van der Waals surface area (Å²) in [7, 11) is 0. The van der Waals surface area contributed by atoms with Crippen molar-refractivity contribution in [1.29, 1.82) is 0 Å². The Hall–Kier alpha value is -0.0900. The molecule has 96 valence electrons. The molecule has 1 heterocycles. The Morgan fingerprint density at radius 2 is 2.18 bits per heavy atom. The lowest BCUT2D eigenvalue weighted by Gasteiger charge is -2.22. The number of thiophene rings is 1. The fourth-order valence-corrected chi connectivity index (χ4v) is 3.62. The van der Waals surface area contributed by atoms with Gasteiger partial charge < -0.3 is 10.5 Å². The van der Waals surface area contributed by atoms with E-state index < -0.39 is 0 Å². The van der Waals surface area contributed by atoms with Gasteiger partial charge in [-0.2, -0.15) is 0 Å². The highest BCUT2D eigenvalue weighted by Crippen LogP contribution is 2.32. The molecule has 0 amide bonds. The van der Waals surface area contributed by atoms with Gasteiger partial charge in [-0.15, -0.1) is 11.3 Å². The van der Waals surface area contributed by atoms with E-state index in [1.165, 1.54) is 25.7 Å². The smallest absolute Gasteiger partial charge is 0.106 e. The lowest BCUT2D eigenvalue weighted by molar-refractivity contribution is 0.0190. The summed E-state index contributed by atoms with van der Waals surface area (Å²) in [5.41, 5.74) is 6.00. The molecule has 0 aliphatic heterocycles. The summed E-state index contributed by atoms with van der Waals surface area (Å²) < 4.78 is 6.81. The van der Waals surface area contributed by atoms with Crippen molar-refractivity contribution in [3.8, 4) is 0 Å². The van der Waals surface area contributed by atoms with E-state index in [4.69, 9.17) is 22.1 Å². The minimum atomic E-state index is -0.00639. The molecule has 2 N–H and O–H groups in total. The average Bonchev–Trinajstić information content (AvgIpc) is 2.90.